The standard InChI is InChI=1S/C19H21NO2/c1-3-14-19(15-20-18(21)22-2,16-10-6-4-7-11-16)17-12-8-5-9-13-17/h3-13H,1,14-15H2,2H3,(H,20,21). The molecule has 0 heterocycles. The molecule has 0 saturated heterocycles. The predicted molar refractivity (Wildman–Crippen MR) is 88.9 cm³/mol. The highest BCUT2D eigenvalue weighted by atomic mass is 16.5. The van der Waals surface area contributed by atoms with Crippen molar-refractivity contribution in [3.8, 4) is 0 Å². The van der Waals surface area contributed by atoms with Crippen LogP contribution in [0.1, 0.15) is 17.5 Å². The minimum atomic E-state index is -0.430. The number of carbonyl (C=O) groups excluding carboxylic acids is 1. The highest BCUT2D eigenvalue weighted by Crippen LogP contribution is 2.35. The van der Waals surface area contributed by atoms with Gasteiger partial charge >= 0.3 is 6.09 Å². The van der Waals surface area contributed by atoms with Gasteiger partial charge in [-0.1, -0.05) is 66.7 Å². The van der Waals surface area contributed by atoms with E-state index in [1.807, 2.05) is 42.5 Å². The number of nitrogens with one attached hydrogen (secondary N) is 1. The zero-order valence-electron chi connectivity index (χ0n) is 12.8. The minimum Gasteiger partial charge on any atom is -0.453 e. The smallest absolute Gasteiger partial charge is 0.406 e. The van der Waals surface area contributed by atoms with Crippen LogP contribution in [0.4, 0.5) is 4.79 Å². The van der Waals surface area contributed by atoms with Crippen molar-refractivity contribution in [1.29, 1.82) is 0 Å². The molecule has 2 aromatic carbocycles. The van der Waals surface area contributed by atoms with Gasteiger partial charge in [0.25, 0.3) is 0 Å². The Balaban J connectivity index is 2.49. The van der Waals surface area contributed by atoms with Gasteiger partial charge in [-0.15, -0.1) is 6.58 Å². The van der Waals surface area contributed by atoms with Crippen LogP contribution in [0.25, 0.3) is 0 Å². The second-order valence-corrected chi connectivity index (χ2v) is 5.15. The number of rotatable bonds is 6. The second kappa shape index (κ2) is 7.46. The average Bonchev–Trinajstić information content (AvgIpc) is 2.60. The van der Waals surface area contributed by atoms with E-state index in [-0.39, 0.29) is 5.41 Å². The van der Waals surface area contributed by atoms with E-state index in [0.717, 1.165) is 11.1 Å². The molecule has 3 nitrogen and oxygen atoms in total. The number of ether oxygens (including phenoxy) is 1. The number of hydrogen-bond donors (Lipinski definition) is 1. The van der Waals surface area contributed by atoms with Crippen LogP contribution in [0.5, 0.6) is 0 Å². The summed E-state index contributed by atoms with van der Waals surface area (Å²) in [6.07, 6.45) is 2.17. The summed E-state index contributed by atoms with van der Waals surface area (Å²) in [5.41, 5.74) is 1.91. The molecule has 0 spiro atoms. The van der Waals surface area contributed by atoms with Gasteiger partial charge in [-0.25, -0.2) is 4.79 Å². The lowest BCUT2D eigenvalue weighted by atomic mass is 9.72. The quantitative estimate of drug-likeness (QED) is 0.821. The van der Waals surface area contributed by atoms with Crippen LogP contribution in [0.2, 0.25) is 0 Å². The van der Waals surface area contributed by atoms with Crippen LogP contribution >= 0.6 is 0 Å². The Labute approximate surface area is 131 Å². The first-order valence-corrected chi connectivity index (χ1v) is 7.27. The largest absolute Gasteiger partial charge is 0.453 e. The molecular formula is C19H21NO2. The lowest BCUT2D eigenvalue weighted by Gasteiger charge is -2.34. The van der Waals surface area contributed by atoms with Crippen molar-refractivity contribution in [3.05, 3.63) is 84.4 Å². The van der Waals surface area contributed by atoms with E-state index in [1.54, 1.807) is 0 Å². The van der Waals surface area contributed by atoms with Crippen molar-refractivity contribution in [3.63, 3.8) is 0 Å². The van der Waals surface area contributed by atoms with Crippen LogP contribution in [-0.4, -0.2) is 19.7 Å². The molecule has 2 rings (SSSR count). The predicted octanol–water partition coefficient (Wildman–Crippen LogP) is 3.90. The Morgan fingerprint density at radius 2 is 1.59 bits per heavy atom. The molecule has 1 N–H and O–H groups in total. The van der Waals surface area contributed by atoms with Crippen molar-refractivity contribution >= 4 is 6.09 Å². The zero-order chi connectivity index (χ0) is 15.8. The molecule has 2 aromatic rings. The number of hydrogen-bond acceptors (Lipinski definition) is 2. The summed E-state index contributed by atoms with van der Waals surface area (Å²) in [4.78, 5) is 11.6. The fourth-order valence-electron chi connectivity index (χ4n) is 2.73. The summed E-state index contributed by atoms with van der Waals surface area (Å²) in [6.45, 7) is 4.34. The number of alkyl carbamates (subject to hydrolysis) is 1. The summed E-state index contributed by atoms with van der Waals surface area (Å²) >= 11 is 0. The summed E-state index contributed by atoms with van der Waals surface area (Å²) in [5, 5.41) is 2.85. The van der Waals surface area contributed by atoms with Crippen molar-refractivity contribution in [2.75, 3.05) is 13.7 Å². The molecule has 0 radical (unpaired) electrons. The van der Waals surface area contributed by atoms with E-state index < -0.39 is 6.09 Å². The Morgan fingerprint density at radius 3 is 2.00 bits per heavy atom. The van der Waals surface area contributed by atoms with Crippen molar-refractivity contribution < 1.29 is 9.53 Å². The van der Waals surface area contributed by atoms with Gasteiger partial charge < -0.3 is 10.1 Å². The topological polar surface area (TPSA) is 38.3 Å². The summed E-state index contributed by atoms with van der Waals surface area (Å²) in [6, 6.07) is 20.3. The Morgan fingerprint density at radius 1 is 1.09 bits per heavy atom. The van der Waals surface area contributed by atoms with Gasteiger partial charge in [0.2, 0.25) is 0 Å². The first kappa shape index (κ1) is 15.8. The van der Waals surface area contributed by atoms with E-state index in [1.165, 1.54) is 7.11 Å². The van der Waals surface area contributed by atoms with Crippen LogP contribution in [0.3, 0.4) is 0 Å². The van der Waals surface area contributed by atoms with Gasteiger partial charge in [0.1, 0.15) is 0 Å². The van der Waals surface area contributed by atoms with Crippen LogP contribution in [0, 0.1) is 0 Å². The van der Waals surface area contributed by atoms with Gasteiger partial charge in [-0.3, -0.25) is 0 Å². The number of methoxy groups -OCH3 is 1. The lowest BCUT2D eigenvalue weighted by Crippen LogP contribution is -2.41. The summed E-state index contributed by atoms with van der Waals surface area (Å²) in [7, 11) is 1.37. The summed E-state index contributed by atoms with van der Waals surface area (Å²) < 4.78 is 4.72. The molecule has 0 bridgehead atoms. The molecule has 0 fully saturated rings. The third-order valence-electron chi connectivity index (χ3n) is 3.87. The zero-order valence-corrected chi connectivity index (χ0v) is 12.8. The monoisotopic (exact) mass is 295 g/mol. The van der Waals surface area contributed by atoms with Crippen molar-refractivity contribution in [1.82, 2.24) is 5.32 Å². The molecule has 3 heteroatoms. The summed E-state index contributed by atoms with van der Waals surface area (Å²) in [5.74, 6) is 0. The van der Waals surface area contributed by atoms with E-state index in [4.69, 9.17) is 4.74 Å². The third-order valence-corrected chi connectivity index (χ3v) is 3.87. The first-order valence-electron chi connectivity index (χ1n) is 7.27. The maximum atomic E-state index is 11.6. The maximum absolute atomic E-state index is 11.6. The average molecular weight is 295 g/mol. The molecule has 1 amide bonds. The molecular weight excluding hydrogens is 274 g/mol. The second-order valence-electron chi connectivity index (χ2n) is 5.15. The minimum absolute atomic E-state index is 0.363. The fraction of sp³-hybridized carbons (Fsp3) is 0.211. The Hall–Kier alpha value is -2.55. The SMILES string of the molecule is C=CCC(CNC(=O)OC)(c1ccccc1)c1ccccc1. The molecule has 0 aliphatic heterocycles. The fourth-order valence-corrected chi connectivity index (χ4v) is 2.73. The molecule has 0 atom stereocenters. The number of carbonyl (C=O) groups is 1. The number of amides is 1. The normalized spacial score (nSPS) is 10.8. The molecule has 0 aliphatic rings. The van der Waals surface area contributed by atoms with E-state index in [9.17, 15) is 4.79 Å². The van der Waals surface area contributed by atoms with Gasteiger partial charge in [-0.2, -0.15) is 0 Å². The first-order chi connectivity index (χ1) is 10.7. The Kier molecular flexibility index (Phi) is 5.37. The van der Waals surface area contributed by atoms with E-state index >= 15 is 0 Å². The number of allylic oxidation sites excluding steroid dienone is 1. The van der Waals surface area contributed by atoms with Gasteiger partial charge in [-0.05, 0) is 17.5 Å². The van der Waals surface area contributed by atoms with Crippen LogP contribution < -0.4 is 5.32 Å². The maximum Gasteiger partial charge on any atom is 0.406 e. The van der Waals surface area contributed by atoms with Crippen molar-refractivity contribution in [2.24, 2.45) is 0 Å². The highest BCUT2D eigenvalue weighted by molar-refractivity contribution is 5.67. The van der Waals surface area contributed by atoms with Crippen LogP contribution in [-0.2, 0) is 10.2 Å². The number of benzene rings is 2. The van der Waals surface area contributed by atoms with Crippen LogP contribution in [0.15, 0.2) is 73.3 Å². The van der Waals surface area contributed by atoms with Gasteiger partial charge in [0, 0.05) is 12.0 Å². The Bertz CT molecular complexity index is 568. The molecule has 0 unspecified atom stereocenters. The molecule has 22 heavy (non-hydrogen) atoms. The molecule has 0 aliphatic carbocycles. The lowest BCUT2D eigenvalue weighted by molar-refractivity contribution is 0.169. The van der Waals surface area contributed by atoms with Gasteiger partial charge in [0.15, 0.2) is 0 Å². The van der Waals surface area contributed by atoms with E-state index in [2.05, 4.69) is 36.2 Å². The van der Waals surface area contributed by atoms with Crippen molar-refractivity contribution in [2.45, 2.75) is 11.8 Å². The third kappa shape index (κ3) is 3.37. The molecule has 0 saturated carbocycles. The molecule has 114 valence electrons. The molecule has 0 aromatic heterocycles. The van der Waals surface area contributed by atoms with Gasteiger partial charge in [0.05, 0.1) is 7.11 Å². The highest BCUT2D eigenvalue weighted by Gasteiger charge is 2.33. The van der Waals surface area contributed by atoms with E-state index in [0.29, 0.717) is 13.0 Å².